The van der Waals surface area contributed by atoms with Crippen molar-refractivity contribution in [3.05, 3.63) is 47.1 Å². The molecule has 0 amide bonds. The lowest BCUT2D eigenvalue weighted by Crippen LogP contribution is -2.40. The zero-order chi connectivity index (χ0) is 24.7. The van der Waals surface area contributed by atoms with Gasteiger partial charge in [-0.1, -0.05) is 63.9 Å². The predicted molar refractivity (Wildman–Crippen MR) is 132 cm³/mol. The van der Waals surface area contributed by atoms with Crippen LogP contribution in [0.15, 0.2) is 41.5 Å². The van der Waals surface area contributed by atoms with Crippen LogP contribution in [0.2, 0.25) is 5.02 Å². The van der Waals surface area contributed by atoms with Gasteiger partial charge in [0.15, 0.2) is 0 Å². The molecule has 3 nitrogen and oxygen atoms in total. The molecule has 0 atom stereocenters. The Hall–Kier alpha value is -1.53. The average molecular weight is 476 g/mol. The van der Waals surface area contributed by atoms with Gasteiger partial charge in [-0.05, 0) is 68.7 Å². The summed E-state index contributed by atoms with van der Waals surface area (Å²) in [7, 11) is 1.15. The van der Waals surface area contributed by atoms with E-state index in [0.29, 0.717) is 25.1 Å². The summed E-state index contributed by atoms with van der Waals surface area (Å²) in [6.45, 7) is 12.8. The molecular weight excluding hydrogens is 435 g/mol. The molecule has 184 valence electrons. The number of benzene rings is 1. The molecule has 2 rings (SSSR count). The second-order valence-corrected chi connectivity index (χ2v) is 8.71. The maximum Gasteiger partial charge on any atom is 0.449 e. The number of aryl methyl sites for hydroxylation is 1. The van der Waals surface area contributed by atoms with Crippen LogP contribution in [0.25, 0.3) is 0 Å². The number of hydrogen-bond acceptors (Lipinski definition) is 2. The first-order chi connectivity index (χ1) is 15.0. The fourth-order valence-corrected chi connectivity index (χ4v) is 3.64. The highest BCUT2D eigenvalue weighted by atomic mass is 35.5. The number of rotatable bonds is 5. The quantitative estimate of drug-likeness (QED) is 0.351. The van der Waals surface area contributed by atoms with E-state index in [4.69, 9.17) is 17.3 Å². The van der Waals surface area contributed by atoms with Crippen molar-refractivity contribution >= 4 is 17.4 Å². The summed E-state index contributed by atoms with van der Waals surface area (Å²) in [6.07, 6.45) is 2.24. The molecule has 0 radical (unpaired) electrons. The Labute approximate surface area is 197 Å². The van der Waals surface area contributed by atoms with Crippen LogP contribution in [0.5, 0.6) is 0 Å². The van der Waals surface area contributed by atoms with E-state index in [1.807, 2.05) is 38.1 Å². The number of hydrogen-bond donors (Lipinski definition) is 1. The first kappa shape index (κ1) is 30.5. The van der Waals surface area contributed by atoms with Gasteiger partial charge in [0, 0.05) is 24.3 Å². The first-order valence-corrected chi connectivity index (χ1v) is 11.8. The Balaban J connectivity index is 0.000000480. The van der Waals surface area contributed by atoms with E-state index in [1.54, 1.807) is 6.92 Å². The zero-order valence-electron chi connectivity index (χ0n) is 20.3. The van der Waals surface area contributed by atoms with Crippen molar-refractivity contribution in [1.82, 2.24) is 4.90 Å². The molecular formula is C25H41ClF3N3. The summed E-state index contributed by atoms with van der Waals surface area (Å²) >= 11 is 5.64. The second kappa shape index (κ2) is 16.1. The Morgan fingerprint density at radius 2 is 1.81 bits per heavy atom. The maximum absolute atomic E-state index is 12.6. The molecule has 1 fully saturated rings. The highest BCUT2D eigenvalue weighted by molar-refractivity contribution is 6.30. The Morgan fingerprint density at radius 1 is 1.22 bits per heavy atom. The number of alkyl halides is 3. The van der Waals surface area contributed by atoms with Crippen molar-refractivity contribution in [3.63, 3.8) is 0 Å². The van der Waals surface area contributed by atoms with Gasteiger partial charge in [0.2, 0.25) is 5.84 Å². The van der Waals surface area contributed by atoms with Gasteiger partial charge in [0.25, 0.3) is 0 Å². The third kappa shape index (κ3) is 12.5. The van der Waals surface area contributed by atoms with E-state index in [-0.39, 0.29) is 0 Å². The molecule has 0 saturated heterocycles. The van der Waals surface area contributed by atoms with Gasteiger partial charge >= 0.3 is 6.18 Å². The van der Waals surface area contributed by atoms with Crippen molar-refractivity contribution in [3.8, 4) is 0 Å². The SMILES string of the molecule is C=C(CC)N(CCC)C(=NC)C(F)(F)F.CC1CCC(CN)CC1.Cc1cccc(Cl)c1. The van der Waals surface area contributed by atoms with Crippen LogP contribution in [-0.4, -0.2) is 37.0 Å². The molecule has 2 N–H and O–H groups in total. The van der Waals surface area contributed by atoms with Crippen LogP contribution in [-0.2, 0) is 0 Å². The number of aliphatic imine (C=N–C) groups is 1. The molecule has 1 aliphatic rings. The van der Waals surface area contributed by atoms with Crippen LogP contribution in [0.4, 0.5) is 13.2 Å². The minimum absolute atomic E-state index is 0.291. The van der Waals surface area contributed by atoms with Crippen LogP contribution < -0.4 is 5.73 Å². The van der Waals surface area contributed by atoms with E-state index in [1.165, 1.54) is 31.2 Å². The third-order valence-electron chi connectivity index (χ3n) is 5.41. The highest BCUT2D eigenvalue weighted by Crippen LogP contribution is 2.27. The number of amidine groups is 1. The summed E-state index contributed by atoms with van der Waals surface area (Å²) in [4.78, 5) is 4.44. The lowest BCUT2D eigenvalue weighted by molar-refractivity contribution is -0.0676. The lowest BCUT2D eigenvalue weighted by Gasteiger charge is -2.28. The average Bonchev–Trinajstić information content (AvgIpc) is 2.73. The third-order valence-corrected chi connectivity index (χ3v) is 5.64. The molecule has 1 saturated carbocycles. The molecule has 0 spiro atoms. The molecule has 32 heavy (non-hydrogen) atoms. The van der Waals surface area contributed by atoms with E-state index in [2.05, 4.69) is 18.5 Å². The van der Waals surface area contributed by atoms with Crippen LogP contribution >= 0.6 is 11.6 Å². The van der Waals surface area contributed by atoms with Crippen molar-refractivity contribution in [2.24, 2.45) is 22.6 Å². The van der Waals surface area contributed by atoms with Gasteiger partial charge in [-0.25, -0.2) is 0 Å². The fourth-order valence-electron chi connectivity index (χ4n) is 3.40. The molecule has 1 aromatic carbocycles. The summed E-state index contributed by atoms with van der Waals surface area (Å²) < 4.78 is 37.7. The number of halogens is 4. The van der Waals surface area contributed by atoms with Gasteiger partial charge in [-0.15, -0.1) is 0 Å². The molecule has 0 aromatic heterocycles. The van der Waals surface area contributed by atoms with E-state index in [9.17, 15) is 13.2 Å². The topological polar surface area (TPSA) is 41.6 Å². The molecule has 0 heterocycles. The highest BCUT2D eigenvalue weighted by Gasteiger charge is 2.39. The fraction of sp³-hybridized carbons (Fsp3) is 0.640. The maximum atomic E-state index is 12.6. The Bertz CT molecular complexity index is 664. The second-order valence-electron chi connectivity index (χ2n) is 8.28. The van der Waals surface area contributed by atoms with Gasteiger partial charge in [0.05, 0.1) is 0 Å². The summed E-state index contributed by atoms with van der Waals surface area (Å²) in [5, 5.41) is 0.810. The molecule has 1 aromatic rings. The number of nitrogens with zero attached hydrogens (tertiary/aromatic N) is 2. The summed E-state index contributed by atoms with van der Waals surface area (Å²) in [6, 6.07) is 7.76. The molecule has 0 aliphatic heterocycles. The molecule has 7 heteroatoms. The lowest BCUT2D eigenvalue weighted by atomic mass is 9.83. The molecule has 0 unspecified atom stereocenters. The summed E-state index contributed by atoms with van der Waals surface area (Å²) in [5.74, 6) is 0.949. The molecule has 0 bridgehead atoms. The monoisotopic (exact) mass is 475 g/mol. The van der Waals surface area contributed by atoms with Crippen LogP contribution in [0, 0.1) is 18.8 Å². The minimum Gasteiger partial charge on any atom is -0.330 e. The Morgan fingerprint density at radius 3 is 2.16 bits per heavy atom. The summed E-state index contributed by atoms with van der Waals surface area (Å²) in [5.41, 5.74) is 7.19. The zero-order valence-corrected chi connectivity index (χ0v) is 21.1. The van der Waals surface area contributed by atoms with Crippen molar-refractivity contribution in [2.45, 2.75) is 72.4 Å². The van der Waals surface area contributed by atoms with Crippen LogP contribution in [0.1, 0.15) is 64.9 Å². The van der Waals surface area contributed by atoms with Gasteiger partial charge in [-0.3, -0.25) is 4.99 Å². The van der Waals surface area contributed by atoms with Gasteiger partial charge in [-0.2, -0.15) is 13.2 Å². The minimum atomic E-state index is -4.41. The number of allylic oxidation sites excluding steroid dienone is 1. The smallest absolute Gasteiger partial charge is 0.330 e. The standard InChI is InChI=1S/C10H17F3N2.C8H17N.C7H7Cl/c1-5-7-15(8(3)6-2)9(14-4)10(11,12)13;1-7-2-4-8(6-9)5-3-7;1-6-3-2-4-7(8)5-6/h3,5-7H2,1-2,4H3;7-8H,2-6,9H2,1H3;2-5H,1H3. The van der Waals surface area contributed by atoms with Crippen molar-refractivity contribution < 1.29 is 13.2 Å². The predicted octanol–water partition coefficient (Wildman–Crippen LogP) is 7.63. The first-order valence-electron chi connectivity index (χ1n) is 11.4. The Kier molecular flexibility index (Phi) is 15.4. The molecule has 1 aliphatic carbocycles. The number of nitrogens with two attached hydrogens (primary N) is 1. The van der Waals surface area contributed by atoms with E-state index < -0.39 is 12.0 Å². The van der Waals surface area contributed by atoms with E-state index >= 15 is 0 Å². The van der Waals surface area contributed by atoms with Crippen molar-refractivity contribution in [2.75, 3.05) is 20.1 Å². The normalized spacial score (nSPS) is 18.6. The van der Waals surface area contributed by atoms with Crippen LogP contribution in [0.3, 0.4) is 0 Å². The van der Waals surface area contributed by atoms with Gasteiger partial charge in [0.1, 0.15) is 0 Å². The largest absolute Gasteiger partial charge is 0.449 e. The van der Waals surface area contributed by atoms with Crippen molar-refractivity contribution in [1.29, 1.82) is 0 Å². The van der Waals surface area contributed by atoms with Gasteiger partial charge < -0.3 is 10.6 Å². The van der Waals surface area contributed by atoms with E-state index in [0.717, 1.165) is 35.4 Å².